The summed E-state index contributed by atoms with van der Waals surface area (Å²) in [7, 11) is -3.69. The van der Waals surface area contributed by atoms with Crippen LogP contribution in [0.4, 0.5) is 5.95 Å². The van der Waals surface area contributed by atoms with Gasteiger partial charge in [0.1, 0.15) is 0 Å². The van der Waals surface area contributed by atoms with Crippen molar-refractivity contribution in [2.75, 3.05) is 31.1 Å². The Morgan fingerprint density at radius 3 is 2.31 bits per heavy atom. The summed E-state index contributed by atoms with van der Waals surface area (Å²) in [5.41, 5.74) is 6.32. The van der Waals surface area contributed by atoms with Crippen molar-refractivity contribution in [2.45, 2.75) is 4.90 Å². The number of primary amides is 1. The van der Waals surface area contributed by atoms with Crippen LogP contribution in [0.25, 0.3) is 6.08 Å². The van der Waals surface area contributed by atoms with E-state index in [1.54, 1.807) is 42.7 Å². The quantitative estimate of drug-likeness (QED) is 0.533. The number of carbonyl (C=O) groups is 2. The van der Waals surface area contributed by atoms with E-state index in [1.165, 1.54) is 28.6 Å². The summed E-state index contributed by atoms with van der Waals surface area (Å²) in [6, 6.07) is 12.5. The van der Waals surface area contributed by atoms with Crippen LogP contribution in [-0.2, 0) is 10.0 Å². The van der Waals surface area contributed by atoms with Gasteiger partial charge in [0, 0.05) is 38.6 Å². The third-order valence-electron chi connectivity index (χ3n) is 5.85. The Kier molecular flexibility index (Phi) is 5.79. The van der Waals surface area contributed by atoms with Crippen molar-refractivity contribution in [3.63, 3.8) is 0 Å². The number of sulfonamides is 1. The molecule has 3 heterocycles. The number of amides is 1. The molecule has 2 aliphatic rings. The molecule has 0 unspecified atom stereocenters. The molecule has 3 aromatic rings. The van der Waals surface area contributed by atoms with Crippen LogP contribution < -0.4 is 15.4 Å². The van der Waals surface area contributed by atoms with Crippen LogP contribution in [0.5, 0.6) is 5.75 Å². The summed E-state index contributed by atoms with van der Waals surface area (Å²) in [4.78, 5) is 34.8. The predicted molar refractivity (Wildman–Crippen MR) is 127 cm³/mol. The monoisotopic (exact) mass is 491 g/mol. The minimum Gasteiger partial charge on any atom is -0.452 e. The molecule has 2 aliphatic heterocycles. The van der Waals surface area contributed by atoms with Gasteiger partial charge in [-0.3, -0.25) is 9.59 Å². The Labute approximate surface area is 201 Å². The standard InChI is InChI=1S/C24H21N5O5S/c25-23(31)19-4-1-3-18-21(30)20(34-22(18)19)15-16-5-7-17(8-6-16)35(32,33)29-13-11-28(12-14-29)24-26-9-2-10-27-24/h1-10,15H,11-14H2,(H2,25,31)/b20-15-. The smallest absolute Gasteiger partial charge is 0.252 e. The fourth-order valence-electron chi connectivity index (χ4n) is 4.02. The lowest BCUT2D eigenvalue weighted by molar-refractivity contribution is 0.0991. The van der Waals surface area contributed by atoms with E-state index in [9.17, 15) is 18.0 Å². The molecule has 10 nitrogen and oxygen atoms in total. The summed E-state index contributed by atoms with van der Waals surface area (Å²) in [6.07, 6.45) is 4.81. The van der Waals surface area contributed by atoms with Crippen molar-refractivity contribution in [1.82, 2.24) is 14.3 Å². The summed E-state index contributed by atoms with van der Waals surface area (Å²) in [5.74, 6) is -0.322. The molecule has 0 atom stereocenters. The number of allylic oxidation sites excluding steroid dienone is 1. The third-order valence-corrected chi connectivity index (χ3v) is 7.76. The molecule has 1 aromatic heterocycles. The number of rotatable bonds is 5. The highest BCUT2D eigenvalue weighted by Gasteiger charge is 2.31. The molecule has 1 saturated heterocycles. The first-order valence-electron chi connectivity index (χ1n) is 10.8. The molecular weight excluding hydrogens is 470 g/mol. The van der Waals surface area contributed by atoms with Crippen LogP contribution in [0.3, 0.4) is 0 Å². The fraction of sp³-hybridized carbons (Fsp3) is 0.167. The van der Waals surface area contributed by atoms with E-state index in [0.29, 0.717) is 37.7 Å². The van der Waals surface area contributed by atoms with E-state index >= 15 is 0 Å². The van der Waals surface area contributed by atoms with Gasteiger partial charge in [-0.2, -0.15) is 4.31 Å². The van der Waals surface area contributed by atoms with Crippen LogP contribution in [0.15, 0.2) is 71.6 Å². The summed E-state index contributed by atoms with van der Waals surface area (Å²) in [5, 5.41) is 0. The zero-order chi connectivity index (χ0) is 24.6. The van der Waals surface area contributed by atoms with Gasteiger partial charge in [-0.15, -0.1) is 0 Å². The number of para-hydroxylation sites is 1. The van der Waals surface area contributed by atoms with Crippen LogP contribution in [-0.4, -0.2) is 60.6 Å². The first-order chi connectivity index (χ1) is 16.8. The number of ether oxygens (including phenoxy) is 1. The van der Waals surface area contributed by atoms with Crippen LogP contribution >= 0.6 is 0 Å². The highest BCUT2D eigenvalue weighted by molar-refractivity contribution is 7.89. The second-order valence-electron chi connectivity index (χ2n) is 8.00. The van der Waals surface area contributed by atoms with Gasteiger partial charge >= 0.3 is 0 Å². The maximum Gasteiger partial charge on any atom is 0.252 e. The number of Topliss-reactive ketones (excluding diaryl/α,β-unsaturated/α-hetero) is 1. The van der Waals surface area contributed by atoms with Crippen molar-refractivity contribution in [3.05, 3.63) is 83.4 Å². The number of aromatic nitrogens is 2. The molecule has 35 heavy (non-hydrogen) atoms. The largest absolute Gasteiger partial charge is 0.452 e. The maximum atomic E-state index is 13.1. The Morgan fingerprint density at radius 2 is 1.66 bits per heavy atom. The molecule has 1 amide bonds. The molecular formula is C24H21N5O5S. The first kappa shape index (κ1) is 22.7. The molecule has 2 aromatic carbocycles. The maximum absolute atomic E-state index is 13.1. The van der Waals surface area contributed by atoms with Crippen molar-refractivity contribution in [3.8, 4) is 5.75 Å². The number of nitrogens with zero attached hydrogens (tertiary/aromatic N) is 4. The molecule has 0 radical (unpaired) electrons. The Balaban J connectivity index is 1.30. The van der Waals surface area contributed by atoms with Gasteiger partial charge in [-0.05, 0) is 42.0 Å². The molecule has 1 fully saturated rings. The number of nitrogens with two attached hydrogens (primary N) is 1. The molecule has 0 saturated carbocycles. The molecule has 11 heteroatoms. The van der Waals surface area contributed by atoms with Crippen molar-refractivity contribution in [2.24, 2.45) is 5.73 Å². The first-order valence-corrected chi connectivity index (χ1v) is 12.3. The number of piperazine rings is 1. The van der Waals surface area contributed by atoms with Gasteiger partial charge in [0.25, 0.3) is 5.91 Å². The van der Waals surface area contributed by atoms with E-state index in [2.05, 4.69) is 9.97 Å². The third kappa shape index (κ3) is 4.27. The molecule has 2 N–H and O–H groups in total. The van der Waals surface area contributed by atoms with Crippen molar-refractivity contribution in [1.29, 1.82) is 0 Å². The van der Waals surface area contributed by atoms with Crippen molar-refractivity contribution >= 4 is 33.7 Å². The van der Waals surface area contributed by atoms with Gasteiger partial charge in [-0.1, -0.05) is 18.2 Å². The summed E-state index contributed by atoms with van der Waals surface area (Å²) >= 11 is 0. The van der Waals surface area contributed by atoms with Gasteiger partial charge < -0.3 is 15.4 Å². The van der Waals surface area contributed by atoms with Gasteiger partial charge in [0.05, 0.1) is 16.0 Å². The van der Waals surface area contributed by atoms with Crippen LogP contribution in [0.1, 0.15) is 26.3 Å². The highest BCUT2D eigenvalue weighted by atomic mass is 32.2. The molecule has 0 spiro atoms. The van der Waals surface area contributed by atoms with Crippen LogP contribution in [0.2, 0.25) is 0 Å². The number of benzene rings is 2. The number of ketones is 1. The molecule has 178 valence electrons. The molecule has 0 aliphatic carbocycles. The van der Waals surface area contributed by atoms with Crippen LogP contribution in [0, 0.1) is 0 Å². The number of fused-ring (bicyclic) bond motifs is 1. The lowest BCUT2D eigenvalue weighted by Crippen LogP contribution is -2.49. The highest BCUT2D eigenvalue weighted by Crippen LogP contribution is 2.35. The normalized spacial score (nSPS) is 17.3. The zero-order valence-electron chi connectivity index (χ0n) is 18.5. The average Bonchev–Trinajstić information content (AvgIpc) is 3.20. The summed E-state index contributed by atoms with van der Waals surface area (Å²) < 4.78 is 33.3. The molecule has 5 rings (SSSR count). The second-order valence-corrected chi connectivity index (χ2v) is 9.93. The zero-order valence-corrected chi connectivity index (χ0v) is 19.3. The number of anilines is 1. The lowest BCUT2D eigenvalue weighted by atomic mass is 10.1. The number of hydrogen-bond acceptors (Lipinski definition) is 8. The fourth-order valence-corrected chi connectivity index (χ4v) is 5.45. The minimum atomic E-state index is -3.69. The van der Waals surface area contributed by atoms with E-state index < -0.39 is 15.9 Å². The van der Waals surface area contributed by atoms with Gasteiger partial charge in [0.15, 0.2) is 11.5 Å². The van der Waals surface area contributed by atoms with Gasteiger partial charge in [-0.25, -0.2) is 18.4 Å². The average molecular weight is 492 g/mol. The second kappa shape index (κ2) is 8.93. The van der Waals surface area contributed by atoms with E-state index in [-0.39, 0.29) is 33.3 Å². The SMILES string of the molecule is NC(=O)c1cccc2c1O/C(=C\c1ccc(S(=O)(=O)N3CCN(c4ncccn4)CC3)cc1)C2=O. The van der Waals surface area contributed by atoms with E-state index in [4.69, 9.17) is 10.5 Å². The number of hydrogen-bond donors (Lipinski definition) is 1. The minimum absolute atomic E-state index is 0.0311. The molecule has 0 bridgehead atoms. The lowest BCUT2D eigenvalue weighted by Gasteiger charge is -2.33. The predicted octanol–water partition coefficient (Wildman–Crippen LogP) is 1.70. The van der Waals surface area contributed by atoms with E-state index in [0.717, 1.165) is 0 Å². The summed E-state index contributed by atoms with van der Waals surface area (Å²) in [6.45, 7) is 1.60. The van der Waals surface area contributed by atoms with Crippen molar-refractivity contribution < 1.29 is 22.7 Å². The number of carbonyl (C=O) groups excluding carboxylic acids is 2. The van der Waals surface area contributed by atoms with E-state index in [1.807, 2.05) is 4.90 Å². The Hall–Kier alpha value is -4.09. The van der Waals surface area contributed by atoms with Gasteiger partial charge in [0.2, 0.25) is 21.8 Å². The topological polar surface area (TPSA) is 136 Å². The Bertz CT molecular complexity index is 1430. The Morgan fingerprint density at radius 1 is 0.971 bits per heavy atom.